The topological polar surface area (TPSA) is 55.5 Å². The highest BCUT2D eigenvalue weighted by atomic mass is 127. The van der Waals surface area contributed by atoms with Crippen molar-refractivity contribution in [3.8, 4) is 0 Å². The molecule has 0 saturated carbocycles. The van der Waals surface area contributed by atoms with Crippen LogP contribution >= 0.6 is 22.6 Å². The minimum absolute atomic E-state index is 0.0942. The molecular weight excluding hydrogens is 353 g/mol. The number of halogens is 1. The number of nitrogens with two attached hydrogens (primary N) is 1. The quantitative estimate of drug-likeness (QED) is 0.801. The van der Waals surface area contributed by atoms with Crippen LogP contribution in [0.3, 0.4) is 0 Å². The van der Waals surface area contributed by atoms with E-state index < -0.39 is 5.60 Å². The molecule has 104 valence electrons. The average molecular weight is 373 g/mol. The number of rotatable bonds is 3. The first-order valence-corrected chi connectivity index (χ1v) is 7.91. The summed E-state index contributed by atoms with van der Waals surface area (Å²) in [6, 6.07) is 8.07. The summed E-state index contributed by atoms with van der Waals surface area (Å²) in [4.78, 5) is 0. The Kier molecular flexibility index (Phi) is 3.40. The van der Waals surface area contributed by atoms with E-state index in [1.54, 1.807) is 0 Å². The maximum absolute atomic E-state index is 11.2. The van der Waals surface area contributed by atoms with Crippen LogP contribution in [0.15, 0.2) is 24.3 Å². The fourth-order valence-electron chi connectivity index (χ4n) is 3.79. The standard InChI is InChI=1S/C15H20INO2/c1-14(18,10-2-4-11(16)5-3-10)15(9-17)8-12-6-7-13(15)19-12/h2-5,12-13,18H,6-9,17H2,1H3. The second-order valence-electron chi connectivity index (χ2n) is 5.97. The molecular formula is C15H20INO2. The predicted molar refractivity (Wildman–Crippen MR) is 82.7 cm³/mol. The van der Waals surface area contributed by atoms with Crippen LogP contribution in [0.4, 0.5) is 0 Å². The largest absolute Gasteiger partial charge is 0.385 e. The van der Waals surface area contributed by atoms with E-state index in [1.165, 1.54) is 3.57 Å². The van der Waals surface area contributed by atoms with Crippen LogP contribution in [-0.4, -0.2) is 23.9 Å². The third kappa shape index (κ3) is 1.95. The second kappa shape index (κ2) is 4.69. The molecule has 0 aromatic heterocycles. The summed E-state index contributed by atoms with van der Waals surface area (Å²) < 4.78 is 7.14. The molecule has 2 aliphatic heterocycles. The molecule has 2 saturated heterocycles. The van der Waals surface area contributed by atoms with Crippen LogP contribution in [0.25, 0.3) is 0 Å². The van der Waals surface area contributed by atoms with Crippen LogP contribution < -0.4 is 5.73 Å². The van der Waals surface area contributed by atoms with Gasteiger partial charge in [0.05, 0.1) is 17.8 Å². The van der Waals surface area contributed by atoms with Crippen molar-refractivity contribution >= 4 is 22.6 Å². The average Bonchev–Trinajstić information content (AvgIpc) is 3.00. The van der Waals surface area contributed by atoms with Crippen LogP contribution in [-0.2, 0) is 10.3 Å². The third-order valence-electron chi connectivity index (χ3n) is 5.06. The van der Waals surface area contributed by atoms with E-state index in [2.05, 4.69) is 22.6 Å². The Labute approximate surface area is 127 Å². The van der Waals surface area contributed by atoms with Gasteiger partial charge in [-0.3, -0.25) is 0 Å². The molecule has 2 bridgehead atoms. The van der Waals surface area contributed by atoms with E-state index in [-0.39, 0.29) is 17.6 Å². The Morgan fingerprint density at radius 2 is 2.11 bits per heavy atom. The molecule has 3 nitrogen and oxygen atoms in total. The molecule has 0 amide bonds. The molecule has 0 spiro atoms. The van der Waals surface area contributed by atoms with Crippen molar-refractivity contribution in [2.45, 2.75) is 44.0 Å². The Bertz CT molecular complexity index is 474. The van der Waals surface area contributed by atoms with E-state index >= 15 is 0 Å². The van der Waals surface area contributed by atoms with Gasteiger partial charge in [-0.15, -0.1) is 0 Å². The van der Waals surface area contributed by atoms with Gasteiger partial charge in [-0.1, -0.05) is 12.1 Å². The minimum atomic E-state index is -0.939. The van der Waals surface area contributed by atoms with Gasteiger partial charge in [0, 0.05) is 15.5 Å². The molecule has 2 heterocycles. The smallest absolute Gasteiger partial charge is 0.0962 e. The predicted octanol–water partition coefficient (Wildman–Crippen LogP) is 2.40. The lowest BCUT2D eigenvalue weighted by atomic mass is 9.61. The molecule has 4 heteroatoms. The van der Waals surface area contributed by atoms with E-state index in [0.29, 0.717) is 6.54 Å². The second-order valence-corrected chi connectivity index (χ2v) is 7.21. The summed E-state index contributed by atoms with van der Waals surface area (Å²) in [5.41, 5.74) is 5.72. The van der Waals surface area contributed by atoms with Gasteiger partial charge in [0.2, 0.25) is 0 Å². The van der Waals surface area contributed by atoms with Gasteiger partial charge < -0.3 is 15.6 Å². The molecule has 19 heavy (non-hydrogen) atoms. The normalized spacial score (nSPS) is 36.4. The highest BCUT2D eigenvalue weighted by molar-refractivity contribution is 14.1. The zero-order valence-corrected chi connectivity index (χ0v) is 13.3. The highest BCUT2D eigenvalue weighted by Crippen LogP contribution is 2.56. The number of benzene rings is 1. The number of aliphatic hydroxyl groups is 1. The fraction of sp³-hybridized carbons (Fsp3) is 0.600. The minimum Gasteiger partial charge on any atom is -0.385 e. The monoisotopic (exact) mass is 373 g/mol. The number of hydrogen-bond acceptors (Lipinski definition) is 3. The van der Waals surface area contributed by atoms with Crippen LogP contribution in [0.5, 0.6) is 0 Å². The fourth-order valence-corrected chi connectivity index (χ4v) is 4.15. The molecule has 2 aliphatic rings. The van der Waals surface area contributed by atoms with Gasteiger partial charge in [0.15, 0.2) is 0 Å². The van der Waals surface area contributed by atoms with E-state index in [1.807, 2.05) is 31.2 Å². The maximum Gasteiger partial charge on any atom is 0.0962 e. The van der Waals surface area contributed by atoms with E-state index in [4.69, 9.17) is 10.5 Å². The summed E-state index contributed by atoms with van der Waals surface area (Å²) in [6.07, 6.45) is 3.37. The summed E-state index contributed by atoms with van der Waals surface area (Å²) >= 11 is 2.27. The first-order chi connectivity index (χ1) is 8.99. The Balaban J connectivity index is 2.00. The van der Waals surface area contributed by atoms with Gasteiger partial charge in [0.25, 0.3) is 0 Å². The first kappa shape index (κ1) is 13.8. The van der Waals surface area contributed by atoms with Gasteiger partial charge in [0.1, 0.15) is 0 Å². The molecule has 4 atom stereocenters. The zero-order chi connectivity index (χ0) is 13.7. The number of hydrogen-bond donors (Lipinski definition) is 2. The molecule has 3 rings (SSSR count). The van der Waals surface area contributed by atoms with E-state index in [9.17, 15) is 5.11 Å². The number of fused-ring (bicyclic) bond motifs is 2. The first-order valence-electron chi connectivity index (χ1n) is 6.83. The van der Waals surface area contributed by atoms with Crippen molar-refractivity contribution in [2.24, 2.45) is 11.1 Å². The van der Waals surface area contributed by atoms with Gasteiger partial charge in [-0.25, -0.2) is 0 Å². The molecule has 1 aromatic rings. The summed E-state index contributed by atoms with van der Waals surface area (Å²) in [5.74, 6) is 0. The van der Waals surface area contributed by atoms with Crippen molar-refractivity contribution in [1.82, 2.24) is 0 Å². The zero-order valence-electron chi connectivity index (χ0n) is 11.1. The van der Waals surface area contributed by atoms with Gasteiger partial charge in [-0.2, -0.15) is 0 Å². The molecule has 1 aromatic carbocycles. The van der Waals surface area contributed by atoms with Crippen molar-refractivity contribution in [3.63, 3.8) is 0 Å². The van der Waals surface area contributed by atoms with Gasteiger partial charge in [-0.05, 0) is 66.5 Å². The van der Waals surface area contributed by atoms with Crippen LogP contribution in [0, 0.1) is 8.99 Å². The molecule has 4 unspecified atom stereocenters. The van der Waals surface area contributed by atoms with Crippen LogP contribution in [0.1, 0.15) is 31.7 Å². The van der Waals surface area contributed by atoms with Crippen molar-refractivity contribution in [3.05, 3.63) is 33.4 Å². The maximum atomic E-state index is 11.2. The molecule has 0 radical (unpaired) electrons. The Morgan fingerprint density at radius 3 is 2.58 bits per heavy atom. The Hall–Kier alpha value is -0.170. The lowest BCUT2D eigenvalue weighted by Gasteiger charge is -2.46. The van der Waals surface area contributed by atoms with Crippen molar-refractivity contribution in [1.29, 1.82) is 0 Å². The van der Waals surface area contributed by atoms with Gasteiger partial charge >= 0.3 is 0 Å². The molecule has 0 aliphatic carbocycles. The van der Waals surface area contributed by atoms with Crippen LogP contribution in [0.2, 0.25) is 0 Å². The number of ether oxygens (including phenoxy) is 1. The summed E-state index contributed by atoms with van der Waals surface area (Å²) in [5, 5.41) is 11.2. The summed E-state index contributed by atoms with van der Waals surface area (Å²) in [7, 11) is 0. The van der Waals surface area contributed by atoms with Crippen molar-refractivity contribution < 1.29 is 9.84 Å². The molecule has 2 fully saturated rings. The summed E-state index contributed by atoms with van der Waals surface area (Å²) in [6.45, 7) is 2.36. The highest BCUT2D eigenvalue weighted by Gasteiger charge is 2.60. The SMILES string of the molecule is CC(O)(c1ccc(I)cc1)C1(CN)CC2CCC1O2. The van der Waals surface area contributed by atoms with E-state index in [0.717, 1.165) is 24.8 Å². The molecule has 3 N–H and O–H groups in total. The lowest BCUT2D eigenvalue weighted by Crippen LogP contribution is -2.54. The van der Waals surface area contributed by atoms with Crippen molar-refractivity contribution in [2.75, 3.05) is 6.54 Å². The lowest BCUT2D eigenvalue weighted by molar-refractivity contribution is -0.105. The Morgan fingerprint density at radius 1 is 1.42 bits per heavy atom. The third-order valence-corrected chi connectivity index (χ3v) is 5.78.